The maximum absolute atomic E-state index is 4.75. The zero-order chi connectivity index (χ0) is 11.5. The lowest BCUT2D eigenvalue weighted by molar-refractivity contribution is 0.459. The SMILES string of the molecule is Br.Br.c1cncc(-c2csc(C3CCNCC3)n2)c1. The topological polar surface area (TPSA) is 37.8 Å². The molecule has 2 aromatic heterocycles. The molecular formula is C13H17Br2N3S. The molecule has 0 unspecified atom stereocenters. The van der Waals surface area contributed by atoms with E-state index in [2.05, 4.69) is 21.7 Å². The lowest BCUT2D eigenvalue weighted by Crippen LogP contribution is -2.26. The minimum Gasteiger partial charge on any atom is -0.317 e. The van der Waals surface area contributed by atoms with Gasteiger partial charge in [-0.2, -0.15) is 0 Å². The average Bonchev–Trinajstić information content (AvgIpc) is 2.90. The molecule has 3 rings (SSSR count). The molecule has 1 aliphatic rings. The van der Waals surface area contributed by atoms with E-state index >= 15 is 0 Å². The number of thiazole rings is 1. The summed E-state index contributed by atoms with van der Waals surface area (Å²) in [6.45, 7) is 2.24. The summed E-state index contributed by atoms with van der Waals surface area (Å²) < 4.78 is 0. The second-order valence-electron chi connectivity index (χ2n) is 4.34. The first-order chi connectivity index (χ1) is 8.43. The van der Waals surface area contributed by atoms with Crippen LogP contribution in [0.3, 0.4) is 0 Å². The largest absolute Gasteiger partial charge is 0.317 e. The molecule has 1 saturated heterocycles. The maximum Gasteiger partial charge on any atom is 0.0964 e. The van der Waals surface area contributed by atoms with Crippen LogP contribution in [0.25, 0.3) is 11.3 Å². The molecule has 6 heteroatoms. The van der Waals surface area contributed by atoms with Gasteiger partial charge in [-0.1, -0.05) is 0 Å². The Morgan fingerprint density at radius 2 is 2.00 bits per heavy atom. The molecule has 1 N–H and O–H groups in total. The number of nitrogens with one attached hydrogen (secondary N) is 1. The van der Waals surface area contributed by atoms with Crippen LogP contribution in [0.1, 0.15) is 23.8 Å². The summed E-state index contributed by atoms with van der Waals surface area (Å²) >= 11 is 1.78. The standard InChI is InChI=1S/C13H15N3S.2BrH/c1-2-11(8-15-5-1)12-9-17-13(16-12)10-3-6-14-7-4-10;;/h1-2,5,8-10,14H,3-4,6-7H2;2*1H. The van der Waals surface area contributed by atoms with E-state index in [1.54, 1.807) is 17.5 Å². The van der Waals surface area contributed by atoms with E-state index in [0.29, 0.717) is 5.92 Å². The summed E-state index contributed by atoms with van der Waals surface area (Å²) in [5.74, 6) is 0.645. The van der Waals surface area contributed by atoms with E-state index in [1.165, 1.54) is 17.8 Å². The molecule has 0 aromatic carbocycles. The summed E-state index contributed by atoms with van der Waals surface area (Å²) in [5, 5.41) is 6.82. The van der Waals surface area contributed by atoms with Crippen LogP contribution in [-0.4, -0.2) is 23.1 Å². The van der Waals surface area contributed by atoms with Gasteiger partial charge in [0.25, 0.3) is 0 Å². The first-order valence-corrected chi connectivity index (χ1v) is 6.88. The van der Waals surface area contributed by atoms with Crippen molar-refractivity contribution in [3.05, 3.63) is 34.9 Å². The fourth-order valence-corrected chi connectivity index (χ4v) is 3.19. The van der Waals surface area contributed by atoms with Gasteiger partial charge >= 0.3 is 0 Å². The van der Waals surface area contributed by atoms with E-state index < -0.39 is 0 Å². The number of aromatic nitrogens is 2. The van der Waals surface area contributed by atoms with Gasteiger partial charge in [-0.25, -0.2) is 4.98 Å². The second kappa shape index (κ2) is 8.09. The number of piperidine rings is 1. The summed E-state index contributed by atoms with van der Waals surface area (Å²) in [4.78, 5) is 8.89. The smallest absolute Gasteiger partial charge is 0.0964 e. The third-order valence-electron chi connectivity index (χ3n) is 3.17. The van der Waals surface area contributed by atoms with Crippen LogP contribution < -0.4 is 5.32 Å². The third kappa shape index (κ3) is 4.08. The Hall–Kier alpha value is -0.300. The normalized spacial score (nSPS) is 15.4. The maximum atomic E-state index is 4.75. The van der Waals surface area contributed by atoms with Crippen molar-refractivity contribution in [3.8, 4) is 11.3 Å². The van der Waals surface area contributed by atoms with Crippen molar-refractivity contribution in [1.29, 1.82) is 0 Å². The molecule has 1 fully saturated rings. The van der Waals surface area contributed by atoms with Gasteiger partial charge in [-0.3, -0.25) is 4.98 Å². The highest BCUT2D eigenvalue weighted by molar-refractivity contribution is 8.93. The number of hydrogen-bond acceptors (Lipinski definition) is 4. The van der Waals surface area contributed by atoms with E-state index in [9.17, 15) is 0 Å². The van der Waals surface area contributed by atoms with Crippen LogP contribution in [0, 0.1) is 0 Å². The van der Waals surface area contributed by atoms with Crippen molar-refractivity contribution >= 4 is 45.3 Å². The molecule has 3 heterocycles. The summed E-state index contributed by atoms with van der Waals surface area (Å²) in [6, 6.07) is 4.02. The molecule has 2 aromatic rings. The predicted molar refractivity (Wildman–Crippen MR) is 90.8 cm³/mol. The molecule has 0 radical (unpaired) electrons. The molecule has 3 nitrogen and oxygen atoms in total. The molecule has 0 atom stereocenters. The Morgan fingerprint density at radius 1 is 1.21 bits per heavy atom. The fourth-order valence-electron chi connectivity index (χ4n) is 2.19. The number of hydrogen-bond donors (Lipinski definition) is 1. The first kappa shape index (κ1) is 16.8. The fraction of sp³-hybridized carbons (Fsp3) is 0.385. The molecule has 0 saturated carbocycles. The summed E-state index contributed by atoms with van der Waals surface area (Å²) in [6.07, 6.45) is 6.09. The molecular weight excluding hydrogens is 390 g/mol. The van der Waals surface area contributed by atoms with Gasteiger partial charge in [-0.15, -0.1) is 45.3 Å². The Labute approximate surface area is 138 Å². The highest BCUT2D eigenvalue weighted by atomic mass is 79.9. The number of nitrogens with zero attached hydrogens (tertiary/aromatic N) is 2. The van der Waals surface area contributed by atoms with Crippen LogP contribution in [0.2, 0.25) is 0 Å². The van der Waals surface area contributed by atoms with Crippen molar-refractivity contribution in [2.24, 2.45) is 0 Å². The van der Waals surface area contributed by atoms with Crippen LogP contribution in [-0.2, 0) is 0 Å². The minimum atomic E-state index is 0. The highest BCUT2D eigenvalue weighted by Crippen LogP contribution is 2.30. The van der Waals surface area contributed by atoms with Crippen molar-refractivity contribution < 1.29 is 0 Å². The molecule has 0 spiro atoms. The molecule has 1 aliphatic heterocycles. The van der Waals surface area contributed by atoms with Gasteiger partial charge in [0.05, 0.1) is 10.7 Å². The molecule has 19 heavy (non-hydrogen) atoms. The summed E-state index contributed by atoms with van der Waals surface area (Å²) in [5.41, 5.74) is 2.18. The average molecular weight is 407 g/mol. The lowest BCUT2D eigenvalue weighted by Gasteiger charge is -2.20. The van der Waals surface area contributed by atoms with Gasteiger partial charge in [0, 0.05) is 29.3 Å². The van der Waals surface area contributed by atoms with E-state index in [0.717, 1.165) is 24.3 Å². The molecule has 104 valence electrons. The monoisotopic (exact) mass is 405 g/mol. The van der Waals surface area contributed by atoms with Gasteiger partial charge in [-0.05, 0) is 38.1 Å². The van der Waals surface area contributed by atoms with E-state index in [-0.39, 0.29) is 34.0 Å². The zero-order valence-electron chi connectivity index (χ0n) is 10.4. The van der Waals surface area contributed by atoms with Crippen molar-refractivity contribution in [2.45, 2.75) is 18.8 Å². The van der Waals surface area contributed by atoms with Crippen molar-refractivity contribution in [3.63, 3.8) is 0 Å². The Morgan fingerprint density at radius 3 is 2.68 bits per heavy atom. The Balaban J connectivity index is 0.000000902. The van der Waals surface area contributed by atoms with Gasteiger partial charge < -0.3 is 5.32 Å². The molecule has 0 bridgehead atoms. The van der Waals surface area contributed by atoms with Crippen LogP contribution >= 0.6 is 45.3 Å². The van der Waals surface area contributed by atoms with Crippen molar-refractivity contribution in [2.75, 3.05) is 13.1 Å². The van der Waals surface area contributed by atoms with Crippen molar-refractivity contribution in [1.82, 2.24) is 15.3 Å². The van der Waals surface area contributed by atoms with E-state index in [1.807, 2.05) is 12.3 Å². The van der Waals surface area contributed by atoms with Crippen LogP contribution in [0.5, 0.6) is 0 Å². The Kier molecular flexibility index (Phi) is 7.13. The molecule has 0 aliphatic carbocycles. The highest BCUT2D eigenvalue weighted by Gasteiger charge is 2.18. The third-order valence-corrected chi connectivity index (χ3v) is 4.17. The second-order valence-corrected chi connectivity index (χ2v) is 5.23. The molecule has 0 amide bonds. The van der Waals surface area contributed by atoms with E-state index in [4.69, 9.17) is 4.98 Å². The van der Waals surface area contributed by atoms with Crippen LogP contribution in [0.4, 0.5) is 0 Å². The number of pyridine rings is 1. The first-order valence-electron chi connectivity index (χ1n) is 6.00. The number of rotatable bonds is 2. The lowest BCUT2D eigenvalue weighted by atomic mass is 9.99. The Bertz CT molecular complexity index is 484. The summed E-state index contributed by atoms with van der Waals surface area (Å²) in [7, 11) is 0. The predicted octanol–water partition coefficient (Wildman–Crippen LogP) is 3.83. The zero-order valence-corrected chi connectivity index (χ0v) is 14.7. The quantitative estimate of drug-likeness (QED) is 0.823. The minimum absolute atomic E-state index is 0. The van der Waals surface area contributed by atoms with Gasteiger partial charge in [0.2, 0.25) is 0 Å². The number of halogens is 2. The van der Waals surface area contributed by atoms with Gasteiger partial charge in [0.1, 0.15) is 0 Å². The van der Waals surface area contributed by atoms with Gasteiger partial charge in [0.15, 0.2) is 0 Å². The van der Waals surface area contributed by atoms with Crippen LogP contribution in [0.15, 0.2) is 29.9 Å².